The van der Waals surface area contributed by atoms with Gasteiger partial charge in [-0.15, -0.1) is 0 Å². The van der Waals surface area contributed by atoms with Crippen LogP contribution in [0.1, 0.15) is 69.8 Å². The summed E-state index contributed by atoms with van der Waals surface area (Å²) in [6, 6.07) is 11.4. The van der Waals surface area contributed by atoms with E-state index in [1.54, 1.807) is 19.9 Å². The Hall–Kier alpha value is -2.82. The summed E-state index contributed by atoms with van der Waals surface area (Å²) in [6.45, 7) is 9.45. The van der Waals surface area contributed by atoms with Crippen molar-refractivity contribution in [3.63, 3.8) is 0 Å². The minimum absolute atomic E-state index is 0.0567. The zero-order valence-electron chi connectivity index (χ0n) is 24.2. The van der Waals surface area contributed by atoms with Gasteiger partial charge in [-0.3, -0.25) is 14.6 Å². The molecule has 0 saturated carbocycles. The number of nitrogens with one attached hydrogen (secondary N) is 1. The summed E-state index contributed by atoms with van der Waals surface area (Å²) >= 11 is 0. The largest absolute Gasteiger partial charge is 0.390 e. The maximum absolute atomic E-state index is 13.7. The Morgan fingerprint density at radius 1 is 1.00 bits per heavy atom. The molecule has 1 heterocycles. The average Bonchev–Trinajstić information content (AvgIpc) is 2.92. The van der Waals surface area contributed by atoms with Crippen LogP contribution in [0.4, 0.5) is 0 Å². The molecule has 222 valence electrons. The molecule has 1 aromatic heterocycles. The van der Waals surface area contributed by atoms with E-state index in [2.05, 4.69) is 10.3 Å². The average molecular weight is 576 g/mol. The number of unbranched alkanes of at least 4 members (excludes halogenated alkanes) is 1. The minimum Gasteiger partial charge on any atom is -0.390 e. The van der Waals surface area contributed by atoms with Gasteiger partial charge in [0.1, 0.15) is 12.0 Å². The summed E-state index contributed by atoms with van der Waals surface area (Å²) < 4.78 is 26.1. The molecule has 0 aliphatic rings. The lowest BCUT2D eigenvalue weighted by molar-refractivity contribution is -0.137. The van der Waals surface area contributed by atoms with Crippen LogP contribution in [0.3, 0.4) is 0 Å². The smallest absolute Gasteiger partial charge is 0.256 e. The molecular formula is C30H45N3O6S. The van der Waals surface area contributed by atoms with Crippen molar-refractivity contribution >= 4 is 21.7 Å². The predicted octanol–water partition coefficient (Wildman–Crippen LogP) is 3.42. The molecule has 40 heavy (non-hydrogen) atoms. The fraction of sp³-hybridized carbons (Fsp3) is 0.567. The Bertz CT molecular complexity index is 1160. The summed E-state index contributed by atoms with van der Waals surface area (Å²) in [5, 5.41) is 25.9. The molecule has 0 saturated heterocycles. The molecule has 1 aromatic carbocycles. The van der Waals surface area contributed by atoms with Crippen molar-refractivity contribution in [3.8, 4) is 0 Å². The van der Waals surface area contributed by atoms with Gasteiger partial charge in [0, 0.05) is 18.9 Å². The van der Waals surface area contributed by atoms with Crippen molar-refractivity contribution in [2.45, 2.75) is 78.7 Å². The number of aromatic nitrogens is 1. The topological polar surface area (TPSA) is 137 Å². The molecule has 2 rings (SSSR count). The highest BCUT2D eigenvalue weighted by Crippen LogP contribution is 2.27. The van der Waals surface area contributed by atoms with Gasteiger partial charge in [-0.1, -0.05) is 71.4 Å². The Balaban J connectivity index is 2.43. The van der Waals surface area contributed by atoms with E-state index in [0.717, 1.165) is 10.5 Å². The summed E-state index contributed by atoms with van der Waals surface area (Å²) in [4.78, 5) is 32.1. The molecule has 3 N–H and O–H groups in total. The lowest BCUT2D eigenvalue weighted by Crippen LogP contribution is -2.57. The van der Waals surface area contributed by atoms with Gasteiger partial charge < -0.3 is 20.4 Å². The first-order valence-electron chi connectivity index (χ1n) is 14.0. The van der Waals surface area contributed by atoms with Gasteiger partial charge in [0.25, 0.3) is 5.91 Å². The molecule has 0 spiro atoms. The number of rotatable bonds is 16. The van der Waals surface area contributed by atoms with E-state index in [9.17, 15) is 28.2 Å². The molecule has 0 aliphatic carbocycles. The second-order valence-corrected chi connectivity index (χ2v) is 13.3. The van der Waals surface area contributed by atoms with Crippen LogP contribution in [0.5, 0.6) is 0 Å². The zero-order valence-corrected chi connectivity index (χ0v) is 25.0. The van der Waals surface area contributed by atoms with Gasteiger partial charge in [-0.05, 0) is 42.4 Å². The van der Waals surface area contributed by atoms with Crippen LogP contribution in [0.25, 0.3) is 0 Å². The number of nitrogens with zero attached hydrogens (tertiary/aromatic N) is 2. The number of carbonyl (C=O) groups excluding carboxylic acids is 2. The number of amides is 2. The summed E-state index contributed by atoms with van der Waals surface area (Å²) in [5.74, 6) is -3.18. The van der Waals surface area contributed by atoms with E-state index >= 15 is 0 Å². The number of pyridine rings is 1. The van der Waals surface area contributed by atoms with Crippen molar-refractivity contribution in [2.24, 2.45) is 17.8 Å². The standard InChI is InChI=1S/C30H45N3O6S/c1-6-7-16-40(38,39)20-33(30(37)24-14-11-15-31-19-24)25(17-21(2)3)27(34)28(35)26(22(4)5)29(36)32-18-23-12-9-8-10-13-23/h8-15,19,21-22,25-28,34-35H,6-7,16-18,20H2,1-5H3,(H,32,36)/t25-,26+,27+,28+/m0/s1. The van der Waals surface area contributed by atoms with Crippen molar-refractivity contribution in [1.29, 1.82) is 0 Å². The first kappa shape index (κ1) is 33.4. The van der Waals surface area contributed by atoms with Gasteiger partial charge in [0.15, 0.2) is 9.84 Å². The van der Waals surface area contributed by atoms with Gasteiger partial charge in [0.05, 0.1) is 29.4 Å². The van der Waals surface area contributed by atoms with Crippen LogP contribution in [0, 0.1) is 17.8 Å². The molecule has 0 bridgehead atoms. The highest BCUT2D eigenvalue weighted by atomic mass is 32.2. The number of aliphatic hydroxyl groups excluding tert-OH is 2. The SMILES string of the molecule is CCCCS(=O)(=O)CN(C(=O)c1cccnc1)[C@@H](CC(C)C)[C@@H](O)[C@H](O)[C@H](C(=O)NCc1ccccc1)C(C)C. The molecule has 2 amide bonds. The van der Waals surface area contributed by atoms with E-state index in [0.29, 0.717) is 12.8 Å². The molecule has 0 radical (unpaired) electrons. The maximum Gasteiger partial charge on any atom is 0.256 e. The van der Waals surface area contributed by atoms with Gasteiger partial charge in [-0.25, -0.2) is 8.42 Å². The van der Waals surface area contributed by atoms with Crippen LogP contribution in [0.15, 0.2) is 54.9 Å². The first-order valence-corrected chi connectivity index (χ1v) is 15.8. The van der Waals surface area contributed by atoms with Crippen LogP contribution in [-0.4, -0.2) is 70.2 Å². The first-order chi connectivity index (χ1) is 18.9. The molecular weight excluding hydrogens is 530 g/mol. The van der Waals surface area contributed by atoms with Crippen molar-refractivity contribution < 1.29 is 28.2 Å². The third-order valence-corrected chi connectivity index (χ3v) is 8.45. The van der Waals surface area contributed by atoms with Gasteiger partial charge in [-0.2, -0.15) is 0 Å². The number of aliphatic hydroxyl groups is 2. The van der Waals surface area contributed by atoms with Gasteiger partial charge in [0.2, 0.25) is 5.91 Å². The number of hydrogen-bond acceptors (Lipinski definition) is 7. The zero-order chi connectivity index (χ0) is 29.9. The fourth-order valence-corrected chi connectivity index (χ4v) is 6.32. The number of carbonyl (C=O) groups is 2. The summed E-state index contributed by atoms with van der Waals surface area (Å²) in [7, 11) is -3.72. The Morgan fingerprint density at radius 3 is 2.23 bits per heavy atom. The van der Waals surface area contributed by atoms with Crippen molar-refractivity contribution in [1.82, 2.24) is 15.2 Å². The third-order valence-electron chi connectivity index (χ3n) is 6.87. The molecule has 9 nitrogen and oxygen atoms in total. The summed E-state index contributed by atoms with van der Waals surface area (Å²) in [5.41, 5.74) is 1.06. The monoisotopic (exact) mass is 575 g/mol. The predicted molar refractivity (Wildman–Crippen MR) is 156 cm³/mol. The van der Waals surface area contributed by atoms with Crippen LogP contribution >= 0.6 is 0 Å². The van der Waals surface area contributed by atoms with Gasteiger partial charge >= 0.3 is 0 Å². The maximum atomic E-state index is 13.7. The quantitative estimate of drug-likeness (QED) is 0.279. The van der Waals surface area contributed by atoms with Crippen molar-refractivity contribution in [2.75, 3.05) is 11.6 Å². The van der Waals surface area contributed by atoms with E-state index in [4.69, 9.17) is 0 Å². The van der Waals surface area contributed by atoms with Crippen LogP contribution < -0.4 is 5.32 Å². The van der Waals surface area contributed by atoms with E-state index in [1.165, 1.54) is 18.5 Å². The second kappa shape index (κ2) is 15.8. The molecule has 2 aromatic rings. The lowest BCUT2D eigenvalue weighted by atomic mass is 9.82. The Kier molecular flexibility index (Phi) is 13.2. The summed E-state index contributed by atoms with van der Waals surface area (Å²) in [6.07, 6.45) is 1.03. The molecule has 10 heteroatoms. The highest BCUT2D eigenvalue weighted by molar-refractivity contribution is 7.91. The normalized spacial score (nSPS) is 14.9. The highest BCUT2D eigenvalue weighted by Gasteiger charge is 2.42. The van der Waals surface area contributed by atoms with Crippen molar-refractivity contribution in [3.05, 3.63) is 66.0 Å². The number of hydrogen-bond donors (Lipinski definition) is 3. The molecule has 0 aliphatic heterocycles. The molecule has 0 fully saturated rings. The van der Waals surface area contributed by atoms with E-state index in [1.807, 2.05) is 51.1 Å². The molecule has 4 atom stereocenters. The van der Waals surface area contributed by atoms with E-state index in [-0.39, 0.29) is 36.1 Å². The lowest BCUT2D eigenvalue weighted by Gasteiger charge is -2.39. The fourth-order valence-electron chi connectivity index (χ4n) is 4.73. The van der Waals surface area contributed by atoms with E-state index < -0.39 is 51.7 Å². The second-order valence-electron chi connectivity index (χ2n) is 11.1. The Morgan fingerprint density at radius 2 is 1.68 bits per heavy atom. The van der Waals surface area contributed by atoms with Crippen LogP contribution in [0.2, 0.25) is 0 Å². The number of benzene rings is 1. The number of sulfone groups is 1. The Labute approximate surface area is 238 Å². The van der Waals surface area contributed by atoms with Crippen LogP contribution in [-0.2, 0) is 21.2 Å². The molecule has 0 unspecified atom stereocenters. The minimum atomic E-state index is -3.72. The third kappa shape index (κ3) is 9.98.